The first kappa shape index (κ1) is 46.8. The Hall–Kier alpha value is -1.25. The van der Waals surface area contributed by atoms with Crippen molar-refractivity contribution >= 4 is 6.09 Å². The molecule has 0 aliphatic rings. The van der Waals surface area contributed by atoms with Gasteiger partial charge in [-0.3, -0.25) is 0 Å². The molecule has 0 aliphatic carbocycles. The molecule has 0 aromatic carbocycles. The summed E-state index contributed by atoms with van der Waals surface area (Å²) in [6, 6.07) is 0. The summed E-state index contributed by atoms with van der Waals surface area (Å²) >= 11 is 0. The molecule has 0 unspecified atom stereocenters. The zero-order valence-corrected chi connectivity index (χ0v) is 30.1. The summed E-state index contributed by atoms with van der Waals surface area (Å²) in [4.78, 5) is 13.3. The molecule has 0 fully saturated rings. The van der Waals surface area contributed by atoms with Crippen LogP contribution in [0.3, 0.4) is 0 Å². The normalized spacial score (nSPS) is 11.8. The molecule has 0 aromatic rings. The second-order valence-corrected chi connectivity index (χ2v) is 11.0. The largest absolute Gasteiger partial charge is 0.444 e. The Bertz CT molecular complexity index is 661. The number of hydrogen-bond acceptors (Lipinski definition) is 15. The number of nitrogens with zero attached hydrogens (tertiary/aromatic N) is 1. The maximum Gasteiger partial charge on any atom is 0.410 e. The average molecular weight is 703 g/mol. The standard InChI is InChI=1S/C32H66N2O14/c1-32(2,3)48-31(35)34(4)6-8-37-10-12-39-14-16-41-18-20-43-22-24-45-26-28-47-30-29-46-27-25-44-23-21-42-19-17-40-15-13-38-11-9-36-7-5-33/h5-30,33H2,1-4H3. The van der Waals surface area contributed by atoms with Gasteiger partial charge in [-0.1, -0.05) is 0 Å². The van der Waals surface area contributed by atoms with Crippen LogP contribution in [0, 0.1) is 0 Å². The summed E-state index contributed by atoms with van der Waals surface area (Å²) in [5.41, 5.74) is 4.82. The minimum absolute atomic E-state index is 0.365. The third-order valence-electron chi connectivity index (χ3n) is 5.63. The van der Waals surface area contributed by atoms with E-state index in [-0.39, 0.29) is 6.09 Å². The Morgan fingerprint density at radius 3 is 0.833 bits per heavy atom. The van der Waals surface area contributed by atoms with Gasteiger partial charge in [0.05, 0.1) is 159 Å². The van der Waals surface area contributed by atoms with Gasteiger partial charge in [-0.2, -0.15) is 0 Å². The fraction of sp³-hybridized carbons (Fsp3) is 0.969. The van der Waals surface area contributed by atoms with Crippen LogP contribution in [-0.4, -0.2) is 195 Å². The molecular formula is C32H66N2O14. The van der Waals surface area contributed by atoms with E-state index in [1.165, 1.54) is 4.90 Å². The Morgan fingerprint density at radius 1 is 0.417 bits per heavy atom. The summed E-state index contributed by atoms with van der Waals surface area (Å²) in [5.74, 6) is 0. The summed E-state index contributed by atoms with van der Waals surface area (Å²) < 4.78 is 70.5. The summed E-state index contributed by atoms with van der Waals surface area (Å²) in [6.45, 7) is 18.4. The highest BCUT2D eigenvalue weighted by atomic mass is 16.6. The molecule has 0 saturated heterocycles. The predicted octanol–water partition coefficient (Wildman–Crippen LogP) is 1.01. The molecule has 288 valence electrons. The molecule has 16 nitrogen and oxygen atoms in total. The fourth-order valence-corrected chi connectivity index (χ4v) is 3.24. The van der Waals surface area contributed by atoms with Gasteiger partial charge in [0.1, 0.15) is 5.60 Å². The van der Waals surface area contributed by atoms with Crippen molar-refractivity contribution in [1.82, 2.24) is 4.90 Å². The minimum atomic E-state index is -0.511. The van der Waals surface area contributed by atoms with E-state index < -0.39 is 5.60 Å². The first-order valence-corrected chi connectivity index (χ1v) is 16.9. The van der Waals surface area contributed by atoms with E-state index >= 15 is 0 Å². The van der Waals surface area contributed by atoms with Gasteiger partial charge in [0.25, 0.3) is 0 Å². The average Bonchev–Trinajstić information content (AvgIpc) is 3.05. The Labute approximate surface area is 288 Å². The summed E-state index contributed by atoms with van der Waals surface area (Å²) in [7, 11) is 1.68. The number of rotatable bonds is 38. The van der Waals surface area contributed by atoms with E-state index in [0.717, 1.165) is 0 Å². The molecule has 0 bridgehead atoms. The van der Waals surface area contributed by atoms with Gasteiger partial charge in [-0.15, -0.1) is 0 Å². The van der Waals surface area contributed by atoms with Crippen molar-refractivity contribution in [2.75, 3.05) is 179 Å². The molecule has 0 saturated carbocycles. The van der Waals surface area contributed by atoms with Crippen molar-refractivity contribution in [2.45, 2.75) is 26.4 Å². The summed E-state index contributed by atoms with van der Waals surface area (Å²) in [6.07, 6.45) is -0.365. The predicted molar refractivity (Wildman–Crippen MR) is 178 cm³/mol. The number of likely N-dealkylation sites (N-methyl/N-ethyl adjacent to an activating group) is 1. The topological polar surface area (TPSA) is 166 Å². The maximum absolute atomic E-state index is 11.9. The number of hydrogen-bond donors (Lipinski definition) is 1. The second-order valence-electron chi connectivity index (χ2n) is 11.0. The van der Waals surface area contributed by atoms with Crippen LogP contribution in [-0.2, 0) is 61.6 Å². The van der Waals surface area contributed by atoms with Gasteiger partial charge in [-0.05, 0) is 20.8 Å². The van der Waals surface area contributed by atoms with E-state index in [4.69, 9.17) is 67.3 Å². The van der Waals surface area contributed by atoms with Crippen LogP contribution in [0.5, 0.6) is 0 Å². The lowest BCUT2D eigenvalue weighted by Crippen LogP contribution is -2.36. The van der Waals surface area contributed by atoms with E-state index in [1.807, 2.05) is 20.8 Å². The second kappa shape index (κ2) is 37.0. The highest BCUT2D eigenvalue weighted by molar-refractivity contribution is 5.67. The highest BCUT2D eigenvalue weighted by Gasteiger charge is 2.19. The molecule has 0 rings (SSSR count). The van der Waals surface area contributed by atoms with Crippen LogP contribution in [0.15, 0.2) is 0 Å². The van der Waals surface area contributed by atoms with Crippen LogP contribution in [0.4, 0.5) is 4.79 Å². The van der Waals surface area contributed by atoms with E-state index in [2.05, 4.69) is 0 Å². The minimum Gasteiger partial charge on any atom is -0.444 e. The van der Waals surface area contributed by atoms with Crippen LogP contribution < -0.4 is 5.73 Å². The van der Waals surface area contributed by atoms with E-state index in [1.54, 1.807) is 7.05 Å². The lowest BCUT2D eigenvalue weighted by atomic mass is 10.2. The van der Waals surface area contributed by atoms with Crippen molar-refractivity contribution < 1.29 is 66.4 Å². The molecule has 0 heterocycles. The van der Waals surface area contributed by atoms with Crippen LogP contribution in [0.2, 0.25) is 0 Å². The first-order valence-electron chi connectivity index (χ1n) is 16.9. The Balaban J connectivity index is 3.13. The zero-order valence-electron chi connectivity index (χ0n) is 30.1. The van der Waals surface area contributed by atoms with E-state index in [0.29, 0.717) is 172 Å². The van der Waals surface area contributed by atoms with Crippen LogP contribution in [0.1, 0.15) is 20.8 Å². The molecule has 1 amide bonds. The first-order chi connectivity index (χ1) is 23.4. The number of ether oxygens (including phenoxy) is 13. The number of carbonyl (C=O) groups is 1. The number of carbonyl (C=O) groups excluding carboxylic acids is 1. The Kier molecular flexibility index (Phi) is 36.1. The quantitative estimate of drug-likeness (QED) is 0.0906. The van der Waals surface area contributed by atoms with Crippen molar-refractivity contribution in [1.29, 1.82) is 0 Å². The van der Waals surface area contributed by atoms with Gasteiger partial charge < -0.3 is 72.2 Å². The smallest absolute Gasteiger partial charge is 0.410 e. The maximum atomic E-state index is 11.9. The lowest BCUT2D eigenvalue weighted by molar-refractivity contribution is -0.0284. The van der Waals surface area contributed by atoms with E-state index in [9.17, 15) is 4.79 Å². The lowest BCUT2D eigenvalue weighted by Gasteiger charge is -2.24. The monoisotopic (exact) mass is 702 g/mol. The van der Waals surface area contributed by atoms with Crippen molar-refractivity contribution in [3.8, 4) is 0 Å². The fourth-order valence-electron chi connectivity index (χ4n) is 3.24. The van der Waals surface area contributed by atoms with Gasteiger partial charge in [-0.25, -0.2) is 4.79 Å². The zero-order chi connectivity index (χ0) is 35.2. The third-order valence-corrected chi connectivity index (χ3v) is 5.63. The molecule has 16 heteroatoms. The molecule has 0 radical (unpaired) electrons. The van der Waals surface area contributed by atoms with Crippen LogP contribution in [0.25, 0.3) is 0 Å². The van der Waals surface area contributed by atoms with Crippen molar-refractivity contribution in [2.24, 2.45) is 5.73 Å². The molecule has 0 aromatic heterocycles. The van der Waals surface area contributed by atoms with Crippen LogP contribution >= 0.6 is 0 Å². The molecule has 0 atom stereocenters. The van der Waals surface area contributed by atoms with Crippen molar-refractivity contribution in [3.05, 3.63) is 0 Å². The summed E-state index contributed by atoms with van der Waals surface area (Å²) in [5, 5.41) is 0. The molecule has 48 heavy (non-hydrogen) atoms. The Morgan fingerprint density at radius 2 is 0.625 bits per heavy atom. The van der Waals surface area contributed by atoms with Crippen molar-refractivity contribution in [3.63, 3.8) is 0 Å². The SMILES string of the molecule is CN(CCOCCOCCOCCOCCOCCOCCOCCOCCOCCOCCOCCOCCN)C(=O)OC(C)(C)C. The molecule has 2 N–H and O–H groups in total. The molecule has 0 aliphatic heterocycles. The number of nitrogens with two attached hydrogens (primary N) is 1. The highest BCUT2D eigenvalue weighted by Crippen LogP contribution is 2.08. The van der Waals surface area contributed by atoms with Gasteiger partial charge in [0.2, 0.25) is 0 Å². The molecular weight excluding hydrogens is 636 g/mol. The van der Waals surface area contributed by atoms with Gasteiger partial charge in [0, 0.05) is 20.1 Å². The third kappa shape index (κ3) is 39.2. The number of amides is 1. The van der Waals surface area contributed by atoms with Gasteiger partial charge in [0.15, 0.2) is 0 Å². The molecule has 0 spiro atoms. The van der Waals surface area contributed by atoms with Gasteiger partial charge >= 0.3 is 6.09 Å².